The molecular weight excluding hydrogens is 374 g/mol. The van der Waals surface area contributed by atoms with Crippen LogP contribution in [-0.2, 0) is 11.3 Å². The normalized spacial score (nSPS) is 15.6. The number of para-hydroxylation sites is 1. The van der Waals surface area contributed by atoms with E-state index in [-0.39, 0.29) is 11.7 Å². The van der Waals surface area contributed by atoms with Crippen LogP contribution in [0.2, 0.25) is 0 Å². The fourth-order valence-electron chi connectivity index (χ4n) is 3.56. The van der Waals surface area contributed by atoms with Crippen LogP contribution in [-0.4, -0.2) is 39.1 Å². The summed E-state index contributed by atoms with van der Waals surface area (Å²) >= 11 is 1.33. The summed E-state index contributed by atoms with van der Waals surface area (Å²) < 4.78 is 7.40. The van der Waals surface area contributed by atoms with E-state index >= 15 is 0 Å². The third-order valence-electron chi connectivity index (χ3n) is 5.01. The molecule has 0 spiro atoms. The lowest BCUT2D eigenvalue weighted by Gasteiger charge is -2.31. The van der Waals surface area contributed by atoms with Gasteiger partial charge in [-0.2, -0.15) is 5.26 Å². The Balaban J connectivity index is 1.71. The third kappa shape index (κ3) is 4.30. The van der Waals surface area contributed by atoms with E-state index in [2.05, 4.69) is 21.6 Å². The summed E-state index contributed by atoms with van der Waals surface area (Å²) in [7, 11) is 1.63. The number of nitrogens with zero attached hydrogens (tertiary/aromatic N) is 4. The predicted octanol–water partition coefficient (Wildman–Crippen LogP) is 3.41. The number of nitrogens with one attached hydrogen (secondary N) is 1. The minimum Gasteiger partial charge on any atom is -0.496 e. The van der Waals surface area contributed by atoms with E-state index in [0.29, 0.717) is 17.5 Å². The molecule has 1 amide bonds. The molecule has 1 N–H and O–H groups in total. The maximum Gasteiger partial charge on any atom is 0.231 e. The first kappa shape index (κ1) is 20.2. The molecule has 0 radical (unpaired) electrons. The second-order valence-electron chi connectivity index (χ2n) is 6.84. The molecule has 1 heterocycles. The van der Waals surface area contributed by atoms with Gasteiger partial charge in [-0.25, -0.2) is 0 Å². The van der Waals surface area contributed by atoms with Gasteiger partial charge in [0.2, 0.25) is 5.91 Å². The Bertz CT molecular complexity index is 868. The highest BCUT2D eigenvalue weighted by molar-refractivity contribution is 7.99. The molecule has 1 fully saturated rings. The van der Waals surface area contributed by atoms with Gasteiger partial charge < -0.3 is 14.6 Å². The molecule has 2 aromatic rings. The van der Waals surface area contributed by atoms with Gasteiger partial charge in [0.15, 0.2) is 11.0 Å². The van der Waals surface area contributed by atoms with E-state index in [1.807, 2.05) is 35.8 Å². The summed E-state index contributed by atoms with van der Waals surface area (Å²) in [6, 6.07) is 9.98. The zero-order valence-electron chi connectivity index (χ0n) is 16.3. The number of carbonyl (C=O) groups is 1. The molecule has 1 aliphatic carbocycles. The molecule has 1 saturated carbocycles. The molecule has 1 aromatic heterocycles. The van der Waals surface area contributed by atoms with Crippen LogP contribution < -0.4 is 10.1 Å². The summed E-state index contributed by atoms with van der Waals surface area (Å²) in [5, 5.41) is 21.7. The number of aromatic nitrogens is 3. The van der Waals surface area contributed by atoms with Gasteiger partial charge in [0.1, 0.15) is 11.3 Å². The Kier molecular flexibility index (Phi) is 6.57. The molecule has 148 valence electrons. The third-order valence-corrected chi connectivity index (χ3v) is 5.98. The average molecular weight is 400 g/mol. The van der Waals surface area contributed by atoms with Gasteiger partial charge in [-0.15, -0.1) is 10.2 Å². The number of amides is 1. The fraction of sp³-hybridized carbons (Fsp3) is 0.500. The maximum atomic E-state index is 12.5. The van der Waals surface area contributed by atoms with Crippen LogP contribution in [0.4, 0.5) is 0 Å². The molecule has 3 rings (SSSR count). The first-order chi connectivity index (χ1) is 13.6. The van der Waals surface area contributed by atoms with E-state index in [4.69, 9.17) is 4.74 Å². The molecule has 0 aliphatic heterocycles. The minimum absolute atomic E-state index is 0.141. The largest absolute Gasteiger partial charge is 0.496 e. The lowest BCUT2D eigenvalue weighted by Crippen LogP contribution is -2.49. The fourth-order valence-corrected chi connectivity index (χ4v) is 4.36. The van der Waals surface area contributed by atoms with Gasteiger partial charge in [0.25, 0.3) is 0 Å². The van der Waals surface area contributed by atoms with Crippen molar-refractivity contribution in [2.24, 2.45) is 0 Å². The molecule has 0 atom stereocenters. The minimum atomic E-state index is -0.711. The Morgan fingerprint density at radius 3 is 2.75 bits per heavy atom. The highest BCUT2D eigenvalue weighted by Crippen LogP contribution is 2.31. The smallest absolute Gasteiger partial charge is 0.231 e. The van der Waals surface area contributed by atoms with Crippen LogP contribution in [0.15, 0.2) is 29.4 Å². The van der Waals surface area contributed by atoms with Gasteiger partial charge in [-0.1, -0.05) is 43.2 Å². The number of hydrogen-bond acceptors (Lipinski definition) is 6. The van der Waals surface area contributed by atoms with E-state index in [9.17, 15) is 10.1 Å². The highest BCUT2D eigenvalue weighted by atomic mass is 32.2. The second kappa shape index (κ2) is 9.11. The van der Waals surface area contributed by atoms with Crippen LogP contribution in [0.25, 0.3) is 11.4 Å². The molecule has 0 bridgehead atoms. The van der Waals surface area contributed by atoms with Crippen molar-refractivity contribution < 1.29 is 9.53 Å². The summed E-state index contributed by atoms with van der Waals surface area (Å²) in [5.74, 6) is 1.50. The molecule has 1 aliphatic rings. The first-order valence-corrected chi connectivity index (χ1v) is 10.5. The van der Waals surface area contributed by atoms with Crippen molar-refractivity contribution in [1.29, 1.82) is 5.26 Å². The topological polar surface area (TPSA) is 92.8 Å². The average Bonchev–Trinajstić information content (AvgIpc) is 3.15. The second-order valence-corrected chi connectivity index (χ2v) is 7.78. The summed E-state index contributed by atoms with van der Waals surface area (Å²) in [5.41, 5.74) is 0.151. The Labute approximate surface area is 169 Å². The van der Waals surface area contributed by atoms with Gasteiger partial charge in [-0.05, 0) is 31.9 Å². The van der Waals surface area contributed by atoms with Crippen molar-refractivity contribution in [3.8, 4) is 23.2 Å². The highest BCUT2D eigenvalue weighted by Gasteiger charge is 2.33. The van der Waals surface area contributed by atoms with Crippen LogP contribution in [0.5, 0.6) is 5.75 Å². The number of benzene rings is 1. The quantitative estimate of drug-likeness (QED) is 0.717. The van der Waals surface area contributed by atoms with Crippen molar-refractivity contribution in [3.05, 3.63) is 24.3 Å². The zero-order valence-corrected chi connectivity index (χ0v) is 17.1. The van der Waals surface area contributed by atoms with Crippen LogP contribution in [0.3, 0.4) is 0 Å². The molecule has 0 unspecified atom stereocenters. The number of hydrogen-bond donors (Lipinski definition) is 1. The van der Waals surface area contributed by atoms with Crippen LogP contribution >= 0.6 is 11.8 Å². The first-order valence-electron chi connectivity index (χ1n) is 9.54. The van der Waals surface area contributed by atoms with Gasteiger partial charge >= 0.3 is 0 Å². The van der Waals surface area contributed by atoms with Crippen molar-refractivity contribution in [2.75, 3.05) is 12.9 Å². The molecule has 7 nitrogen and oxygen atoms in total. The molecular formula is C20H25N5O2S. The number of thioether (sulfide) groups is 1. The lowest BCUT2D eigenvalue weighted by molar-refractivity contribution is -0.120. The summed E-state index contributed by atoms with van der Waals surface area (Å²) in [6.07, 6.45) is 4.53. The number of ether oxygens (including phenoxy) is 1. The van der Waals surface area contributed by atoms with Crippen LogP contribution in [0, 0.1) is 11.3 Å². The Hall–Kier alpha value is -2.53. The zero-order chi connectivity index (χ0) is 20.0. The van der Waals surface area contributed by atoms with Gasteiger partial charge in [0.05, 0.1) is 24.5 Å². The summed E-state index contributed by atoms with van der Waals surface area (Å²) in [4.78, 5) is 12.5. The van der Waals surface area contributed by atoms with E-state index < -0.39 is 5.54 Å². The monoisotopic (exact) mass is 399 g/mol. The van der Waals surface area contributed by atoms with Gasteiger partial charge in [-0.3, -0.25) is 4.79 Å². The standard InChI is InChI=1S/C20H25N5O2S/c1-3-25-18(15-9-5-6-10-16(15)27-2)23-24-19(25)28-13-17(26)22-20(14-21)11-7-4-8-12-20/h5-6,9-10H,3-4,7-8,11-13H2,1-2H3,(H,22,26). The lowest BCUT2D eigenvalue weighted by atomic mass is 9.83. The van der Waals surface area contributed by atoms with E-state index in [1.165, 1.54) is 11.8 Å². The van der Waals surface area contributed by atoms with Crippen molar-refractivity contribution in [3.63, 3.8) is 0 Å². The van der Waals surface area contributed by atoms with Crippen LogP contribution in [0.1, 0.15) is 39.0 Å². The van der Waals surface area contributed by atoms with Gasteiger partial charge in [0, 0.05) is 6.54 Å². The van der Waals surface area contributed by atoms with E-state index in [0.717, 1.165) is 43.4 Å². The molecule has 28 heavy (non-hydrogen) atoms. The molecule has 0 saturated heterocycles. The maximum absolute atomic E-state index is 12.5. The number of nitriles is 1. The number of rotatable bonds is 7. The number of methoxy groups -OCH3 is 1. The number of carbonyl (C=O) groups excluding carboxylic acids is 1. The van der Waals surface area contributed by atoms with Crippen molar-refractivity contribution >= 4 is 17.7 Å². The molecule has 8 heteroatoms. The van der Waals surface area contributed by atoms with E-state index in [1.54, 1.807) is 7.11 Å². The Morgan fingerprint density at radius 1 is 1.32 bits per heavy atom. The predicted molar refractivity (Wildman–Crippen MR) is 108 cm³/mol. The molecule has 1 aromatic carbocycles. The Morgan fingerprint density at radius 2 is 2.07 bits per heavy atom. The summed E-state index contributed by atoms with van der Waals surface area (Å²) in [6.45, 7) is 2.69. The van der Waals surface area contributed by atoms with Crippen molar-refractivity contribution in [1.82, 2.24) is 20.1 Å². The SMILES string of the molecule is CCn1c(SCC(=O)NC2(C#N)CCCCC2)nnc1-c1ccccc1OC. The van der Waals surface area contributed by atoms with Crippen molar-refractivity contribution in [2.45, 2.75) is 56.3 Å².